The second-order valence-electron chi connectivity index (χ2n) is 2.66. The van der Waals surface area contributed by atoms with Crippen LogP contribution < -0.4 is 0 Å². The Morgan fingerprint density at radius 1 is 1.07 bits per heavy atom. The van der Waals surface area contributed by atoms with Crippen molar-refractivity contribution in [1.29, 1.82) is 0 Å². The number of hydrogen-bond donors (Lipinski definition) is 0. The molecule has 0 aliphatic carbocycles. The molecular formula is C7H7Cl2N3S2. The van der Waals surface area contributed by atoms with Crippen LogP contribution >= 0.6 is 46.7 Å². The van der Waals surface area contributed by atoms with Crippen LogP contribution in [0.25, 0.3) is 0 Å². The first-order chi connectivity index (χ1) is 6.74. The van der Waals surface area contributed by atoms with Crippen molar-refractivity contribution in [3.8, 4) is 0 Å². The predicted molar refractivity (Wildman–Crippen MR) is 62.3 cm³/mol. The third-order valence-electron chi connectivity index (χ3n) is 1.67. The van der Waals surface area contributed by atoms with Crippen molar-refractivity contribution in [2.24, 2.45) is 0 Å². The van der Waals surface area contributed by atoms with Crippen LogP contribution in [0.4, 0.5) is 0 Å². The maximum absolute atomic E-state index is 5.68. The lowest BCUT2D eigenvalue weighted by atomic mass is 10.4. The van der Waals surface area contributed by atoms with E-state index >= 15 is 0 Å². The summed E-state index contributed by atoms with van der Waals surface area (Å²) in [6.45, 7) is 0. The molecule has 76 valence electrons. The predicted octanol–water partition coefficient (Wildman–Crippen LogP) is 2.53. The van der Waals surface area contributed by atoms with Crippen molar-refractivity contribution >= 4 is 46.7 Å². The fourth-order valence-corrected chi connectivity index (χ4v) is 4.32. The van der Waals surface area contributed by atoms with Gasteiger partial charge in [0.1, 0.15) is 5.82 Å². The topological polar surface area (TPSA) is 38.7 Å². The Morgan fingerprint density at radius 2 is 1.64 bits per heavy atom. The lowest BCUT2D eigenvalue weighted by molar-refractivity contribution is 0.891. The molecule has 1 aromatic heterocycles. The molecule has 2 heterocycles. The summed E-state index contributed by atoms with van der Waals surface area (Å²) >= 11 is 15.2. The van der Waals surface area contributed by atoms with Gasteiger partial charge in [0.05, 0.1) is 4.58 Å². The molecule has 0 amide bonds. The minimum atomic E-state index is 0.174. The van der Waals surface area contributed by atoms with Crippen LogP contribution in [-0.2, 0) is 6.42 Å². The van der Waals surface area contributed by atoms with Crippen molar-refractivity contribution in [1.82, 2.24) is 15.0 Å². The van der Waals surface area contributed by atoms with E-state index in [2.05, 4.69) is 15.0 Å². The highest BCUT2D eigenvalue weighted by Gasteiger charge is 2.18. The van der Waals surface area contributed by atoms with Gasteiger partial charge >= 0.3 is 0 Å². The van der Waals surface area contributed by atoms with Crippen LogP contribution in [0.5, 0.6) is 0 Å². The Balaban J connectivity index is 2.07. The smallest absolute Gasteiger partial charge is 0.203 e. The molecule has 2 rings (SSSR count). The second kappa shape index (κ2) is 4.88. The summed E-state index contributed by atoms with van der Waals surface area (Å²) in [4.78, 5) is 11.8. The van der Waals surface area contributed by atoms with Crippen molar-refractivity contribution in [3.63, 3.8) is 0 Å². The first kappa shape index (κ1) is 10.8. The Kier molecular flexibility index (Phi) is 3.76. The van der Waals surface area contributed by atoms with E-state index in [4.69, 9.17) is 23.2 Å². The summed E-state index contributed by atoms with van der Waals surface area (Å²) in [5.74, 6) is 3.07. The van der Waals surface area contributed by atoms with Crippen LogP contribution in [0.15, 0.2) is 0 Å². The molecular weight excluding hydrogens is 261 g/mol. The number of halogens is 2. The highest BCUT2D eigenvalue weighted by atomic mass is 35.5. The van der Waals surface area contributed by atoms with E-state index in [-0.39, 0.29) is 10.6 Å². The highest BCUT2D eigenvalue weighted by molar-refractivity contribution is 8.20. The number of aromatic nitrogens is 3. The van der Waals surface area contributed by atoms with E-state index in [0.717, 1.165) is 6.42 Å². The van der Waals surface area contributed by atoms with Crippen molar-refractivity contribution in [2.75, 3.05) is 11.5 Å². The third kappa shape index (κ3) is 2.89. The Labute approximate surface area is 100 Å². The lowest BCUT2D eigenvalue weighted by Gasteiger charge is -2.05. The van der Waals surface area contributed by atoms with Crippen LogP contribution in [0, 0.1) is 0 Å². The summed E-state index contributed by atoms with van der Waals surface area (Å²) < 4.78 is 0.532. The van der Waals surface area contributed by atoms with Crippen molar-refractivity contribution in [3.05, 3.63) is 16.4 Å². The summed E-state index contributed by atoms with van der Waals surface area (Å²) in [6, 6.07) is 0. The van der Waals surface area contributed by atoms with E-state index in [9.17, 15) is 0 Å². The van der Waals surface area contributed by atoms with E-state index in [1.807, 2.05) is 23.5 Å². The van der Waals surface area contributed by atoms with Gasteiger partial charge < -0.3 is 0 Å². The average molecular weight is 268 g/mol. The normalized spacial score (nSPS) is 17.6. The molecule has 0 saturated carbocycles. The van der Waals surface area contributed by atoms with Gasteiger partial charge in [0.25, 0.3) is 0 Å². The molecule has 1 aliphatic rings. The lowest BCUT2D eigenvalue weighted by Crippen LogP contribution is -2.05. The molecule has 0 N–H and O–H groups in total. The molecule has 0 atom stereocenters. The van der Waals surface area contributed by atoms with Gasteiger partial charge in [-0.25, -0.2) is 9.97 Å². The number of thioether (sulfide) groups is 2. The molecule has 0 unspecified atom stereocenters. The molecule has 1 saturated heterocycles. The minimum Gasteiger partial charge on any atom is -0.203 e. The highest BCUT2D eigenvalue weighted by Crippen LogP contribution is 2.33. The number of nitrogens with zero attached hydrogens (tertiary/aromatic N) is 3. The monoisotopic (exact) mass is 267 g/mol. The van der Waals surface area contributed by atoms with Crippen LogP contribution in [-0.4, -0.2) is 31.0 Å². The third-order valence-corrected chi connectivity index (χ3v) is 5.04. The molecule has 0 bridgehead atoms. The van der Waals surface area contributed by atoms with Gasteiger partial charge in [-0.05, 0) is 23.2 Å². The van der Waals surface area contributed by atoms with E-state index in [1.165, 1.54) is 11.5 Å². The molecule has 0 radical (unpaired) electrons. The molecule has 1 aromatic rings. The van der Waals surface area contributed by atoms with Gasteiger partial charge in [-0.2, -0.15) is 4.98 Å². The van der Waals surface area contributed by atoms with Gasteiger partial charge in [0, 0.05) is 17.9 Å². The SMILES string of the molecule is Clc1nc(Cl)nc(CC2SCCS2)n1. The van der Waals surface area contributed by atoms with Crippen molar-refractivity contribution < 1.29 is 0 Å². The van der Waals surface area contributed by atoms with E-state index in [1.54, 1.807) is 0 Å². The van der Waals surface area contributed by atoms with E-state index in [0.29, 0.717) is 10.4 Å². The Bertz CT molecular complexity index is 310. The molecule has 0 spiro atoms. The standard InChI is InChI=1S/C7H7Cl2N3S2/c8-6-10-4(11-7(9)12-6)3-5-13-1-2-14-5/h5H,1-3H2. The van der Waals surface area contributed by atoms with Gasteiger partial charge in [-0.3, -0.25) is 0 Å². The minimum absolute atomic E-state index is 0.174. The molecule has 1 aliphatic heterocycles. The summed E-state index contributed by atoms with van der Waals surface area (Å²) in [5, 5.41) is 0.348. The van der Waals surface area contributed by atoms with Crippen LogP contribution in [0.1, 0.15) is 5.82 Å². The summed E-state index contributed by atoms with van der Waals surface area (Å²) in [7, 11) is 0. The zero-order valence-corrected chi connectivity index (χ0v) is 10.3. The van der Waals surface area contributed by atoms with Gasteiger partial charge in [-0.1, -0.05) is 0 Å². The maximum atomic E-state index is 5.68. The largest absolute Gasteiger partial charge is 0.226 e. The first-order valence-electron chi connectivity index (χ1n) is 4.03. The first-order valence-corrected chi connectivity index (χ1v) is 6.88. The summed E-state index contributed by atoms with van der Waals surface area (Å²) in [5.41, 5.74) is 0. The van der Waals surface area contributed by atoms with Gasteiger partial charge in [0.2, 0.25) is 10.6 Å². The zero-order chi connectivity index (χ0) is 9.97. The summed E-state index contributed by atoms with van der Waals surface area (Å²) in [6.07, 6.45) is 0.803. The van der Waals surface area contributed by atoms with Gasteiger partial charge in [0.15, 0.2) is 0 Å². The molecule has 3 nitrogen and oxygen atoms in total. The Morgan fingerprint density at radius 3 is 2.21 bits per heavy atom. The average Bonchev–Trinajstić information content (AvgIpc) is 2.54. The quantitative estimate of drug-likeness (QED) is 0.824. The molecule has 1 fully saturated rings. The zero-order valence-electron chi connectivity index (χ0n) is 7.11. The fraction of sp³-hybridized carbons (Fsp3) is 0.571. The molecule has 0 aromatic carbocycles. The van der Waals surface area contributed by atoms with Crippen molar-refractivity contribution in [2.45, 2.75) is 11.0 Å². The number of hydrogen-bond acceptors (Lipinski definition) is 5. The Hall–Kier alpha value is 0.290. The second-order valence-corrected chi connectivity index (χ2v) is 6.26. The molecule has 14 heavy (non-hydrogen) atoms. The van der Waals surface area contributed by atoms with Crippen LogP contribution in [0.3, 0.4) is 0 Å². The maximum Gasteiger partial charge on any atom is 0.226 e. The van der Waals surface area contributed by atoms with E-state index < -0.39 is 0 Å². The number of rotatable bonds is 2. The van der Waals surface area contributed by atoms with Crippen LogP contribution in [0.2, 0.25) is 10.6 Å². The van der Waals surface area contributed by atoms with Gasteiger partial charge in [-0.15, -0.1) is 23.5 Å². The molecule has 7 heteroatoms. The fourth-order valence-electron chi connectivity index (χ4n) is 1.13.